The van der Waals surface area contributed by atoms with Crippen molar-refractivity contribution >= 4 is 33.6 Å². The minimum atomic E-state index is -1.27. The lowest BCUT2D eigenvalue weighted by Gasteiger charge is -2.26. The highest BCUT2D eigenvalue weighted by molar-refractivity contribution is 9.10. The molecule has 116 valence electrons. The number of nitrogens with one attached hydrogen (secondary N) is 2. The second-order valence-electron chi connectivity index (χ2n) is 5.38. The van der Waals surface area contributed by atoms with Gasteiger partial charge >= 0.3 is 12.0 Å². The Morgan fingerprint density at radius 1 is 1.29 bits per heavy atom. The molecule has 0 aliphatic heterocycles. The lowest BCUT2D eigenvalue weighted by atomic mass is 9.96. The first kappa shape index (κ1) is 17.5. The largest absolute Gasteiger partial charge is 0.480 e. The molecule has 5 nitrogen and oxygen atoms in total. The number of anilines is 1. The first-order valence-electron chi connectivity index (χ1n) is 6.79. The van der Waals surface area contributed by atoms with Gasteiger partial charge in [-0.05, 0) is 50.5 Å². The lowest BCUT2D eigenvalue weighted by Crippen LogP contribution is -2.53. The van der Waals surface area contributed by atoms with Gasteiger partial charge in [-0.25, -0.2) is 9.59 Å². The van der Waals surface area contributed by atoms with Gasteiger partial charge in [-0.2, -0.15) is 0 Å². The van der Waals surface area contributed by atoms with Crippen molar-refractivity contribution in [3.8, 4) is 0 Å². The van der Waals surface area contributed by atoms with Crippen LogP contribution in [0.4, 0.5) is 10.5 Å². The number of aliphatic carboxylic acids is 1. The molecule has 2 amide bonds. The number of benzene rings is 1. The van der Waals surface area contributed by atoms with E-state index in [1.807, 2.05) is 32.9 Å². The summed E-state index contributed by atoms with van der Waals surface area (Å²) in [4.78, 5) is 23.4. The Morgan fingerprint density at radius 2 is 1.81 bits per heavy atom. The Balaban J connectivity index is 2.89. The topological polar surface area (TPSA) is 78.4 Å². The van der Waals surface area contributed by atoms with E-state index in [1.54, 1.807) is 0 Å². The first-order valence-corrected chi connectivity index (χ1v) is 7.58. The van der Waals surface area contributed by atoms with E-state index in [4.69, 9.17) is 0 Å². The van der Waals surface area contributed by atoms with Crippen LogP contribution in [-0.2, 0) is 4.79 Å². The molecule has 1 atom stereocenters. The molecule has 6 heteroatoms. The zero-order valence-electron chi connectivity index (χ0n) is 12.7. The molecule has 21 heavy (non-hydrogen) atoms. The standard InChI is InChI=1S/C15H21BrN2O3/c1-5-6-15(4,13(19)20)18-14(21)17-12-9(2)7-11(16)8-10(12)3/h7-8H,5-6H2,1-4H3,(H,19,20)(H2,17,18,21). The van der Waals surface area contributed by atoms with Crippen LogP contribution in [-0.4, -0.2) is 22.6 Å². The number of rotatable bonds is 5. The molecule has 0 aliphatic rings. The van der Waals surface area contributed by atoms with E-state index in [1.165, 1.54) is 6.92 Å². The first-order chi connectivity index (χ1) is 9.69. The Kier molecular flexibility index (Phi) is 5.78. The van der Waals surface area contributed by atoms with Gasteiger partial charge in [-0.1, -0.05) is 29.3 Å². The van der Waals surface area contributed by atoms with E-state index >= 15 is 0 Å². The molecule has 0 heterocycles. The van der Waals surface area contributed by atoms with E-state index in [0.717, 1.165) is 15.6 Å². The molecule has 1 aromatic carbocycles. The van der Waals surface area contributed by atoms with Crippen molar-refractivity contribution in [2.45, 2.75) is 46.1 Å². The zero-order valence-corrected chi connectivity index (χ0v) is 14.3. The van der Waals surface area contributed by atoms with Gasteiger partial charge < -0.3 is 15.7 Å². The number of carbonyl (C=O) groups excluding carboxylic acids is 1. The molecule has 0 saturated carbocycles. The average molecular weight is 357 g/mol. The van der Waals surface area contributed by atoms with Crippen LogP contribution in [0.15, 0.2) is 16.6 Å². The van der Waals surface area contributed by atoms with Crippen molar-refractivity contribution in [1.29, 1.82) is 0 Å². The summed E-state index contributed by atoms with van der Waals surface area (Å²) in [6.45, 7) is 7.16. The summed E-state index contributed by atoms with van der Waals surface area (Å²) in [5.41, 5.74) is 1.24. The second-order valence-corrected chi connectivity index (χ2v) is 6.30. The number of urea groups is 1. The summed E-state index contributed by atoms with van der Waals surface area (Å²) >= 11 is 3.40. The molecular weight excluding hydrogens is 336 g/mol. The van der Waals surface area contributed by atoms with Gasteiger partial charge in [0, 0.05) is 10.2 Å². The number of halogens is 1. The molecule has 0 fully saturated rings. The van der Waals surface area contributed by atoms with Crippen LogP contribution in [0.1, 0.15) is 37.8 Å². The van der Waals surface area contributed by atoms with Gasteiger partial charge in [0.15, 0.2) is 0 Å². The molecule has 1 aromatic rings. The van der Waals surface area contributed by atoms with E-state index in [0.29, 0.717) is 18.5 Å². The average Bonchev–Trinajstić information content (AvgIpc) is 2.33. The summed E-state index contributed by atoms with van der Waals surface area (Å²) in [5.74, 6) is -1.04. The Labute approximate surface area is 133 Å². The number of carboxylic acid groups (broad SMARTS) is 1. The number of carboxylic acids is 1. The van der Waals surface area contributed by atoms with Crippen LogP contribution in [0.25, 0.3) is 0 Å². The fourth-order valence-corrected chi connectivity index (χ4v) is 2.91. The van der Waals surface area contributed by atoms with Gasteiger partial charge in [0.05, 0.1) is 0 Å². The SMILES string of the molecule is CCCC(C)(NC(=O)Nc1c(C)cc(Br)cc1C)C(=O)O. The summed E-state index contributed by atoms with van der Waals surface area (Å²) in [7, 11) is 0. The molecule has 0 bridgehead atoms. The lowest BCUT2D eigenvalue weighted by molar-refractivity contribution is -0.143. The van der Waals surface area contributed by atoms with Crippen LogP contribution in [0, 0.1) is 13.8 Å². The van der Waals surface area contributed by atoms with Crippen molar-refractivity contribution in [3.05, 3.63) is 27.7 Å². The molecule has 0 aromatic heterocycles. The Bertz CT molecular complexity index is 537. The molecule has 0 aliphatic carbocycles. The minimum Gasteiger partial charge on any atom is -0.480 e. The number of carbonyl (C=O) groups is 2. The molecular formula is C15H21BrN2O3. The van der Waals surface area contributed by atoms with Gasteiger partial charge in [-0.15, -0.1) is 0 Å². The van der Waals surface area contributed by atoms with Crippen LogP contribution < -0.4 is 10.6 Å². The zero-order chi connectivity index (χ0) is 16.2. The van der Waals surface area contributed by atoms with E-state index in [9.17, 15) is 14.7 Å². The molecule has 0 saturated heterocycles. The molecule has 1 rings (SSSR count). The van der Waals surface area contributed by atoms with Crippen molar-refractivity contribution in [3.63, 3.8) is 0 Å². The minimum absolute atomic E-state index is 0.369. The predicted molar refractivity (Wildman–Crippen MR) is 86.7 cm³/mol. The van der Waals surface area contributed by atoms with Crippen LogP contribution in [0.3, 0.4) is 0 Å². The number of hydrogen-bond donors (Lipinski definition) is 3. The summed E-state index contributed by atoms with van der Waals surface area (Å²) < 4.78 is 0.935. The van der Waals surface area contributed by atoms with Crippen molar-refractivity contribution < 1.29 is 14.7 Å². The van der Waals surface area contributed by atoms with Gasteiger partial charge in [0.25, 0.3) is 0 Å². The van der Waals surface area contributed by atoms with E-state index in [2.05, 4.69) is 26.6 Å². The van der Waals surface area contributed by atoms with Gasteiger partial charge in [-0.3, -0.25) is 0 Å². The third-order valence-electron chi connectivity index (χ3n) is 3.35. The highest BCUT2D eigenvalue weighted by Gasteiger charge is 2.33. The normalized spacial score (nSPS) is 13.4. The summed E-state index contributed by atoms with van der Waals surface area (Å²) in [5, 5.41) is 14.6. The molecule has 1 unspecified atom stereocenters. The van der Waals surface area contributed by atoms with Crippen LogP contribution in [0.5, 0.6) is 0 Å². The van der Waals surface area contributed by atoms with Crippen molar-refractivity contribution in [1.82, 2.24) is 5.32 Å². The third-order valence-corrected chi connectivity index (χ3v) is 3.81. The summed E-state index contributed by atoms with van der Waals surface area (Å²) in [6, 6.07) is 3.28. The third kappa shape index (κ3) is 4.46. The maximum absolute atomic E-state index is 12.1. The Morgan fingerprint density at radius 3 is 2.24 bits per heavy atom. The number of aryl methyl sites for hydroxylation is 2. The monoisotopic (exact) mass is 356 g/mol. The quantitative estimate of drug-likeness (QED) is 0.749. The van der Waals surface area contributed by atoms with Crippen molar-refractivity contribution in [2.75, 3.05) is 5.32 Å². The highest BCUT2D eigenvalue weighted by Crippen LogP contribution is 2.25. The maximum Gasteiger partial charge on any atom is 0.329 e. The fourth-order valence-electron chi connectivity index (χ4n) is 2.23. The second kappa shape index (κ2) is 6.93. The van der Waals surface area contributed by atoms with Crippen LogP contribution >= 0.6 is 15.9 Å². The fraction of sp³-hybridized carbons (Fsp3) is 0.467. The molecule has 3 N–H and O–H groups in total. The van der Waals surface area contributed by atoms with Crippen molar-refractivity contribution in [2.24, 2.45) is 0 Å². The summed E-state index contributed by atoms with van der Waals surface area (Å²) in [6.07, 6.45) is 1.04. The maximum atomic E-state index is 12.1. The van der Waals surface area contributed by atoms with Gasteiger partial charge in [0.2, 0.25) is 0 Å². The highest BCUT2D eigenvalue weighted by atomic mass is 79.9. The predicted octanol–water partition coefficient (Wildman–Crippen LogP) is 3.83. The van der Waals surface area contributed by atoms with E-state index < -0.39 is 17.5 Å². The smallest absolute Gasteiger partial charge is 0.329 e. The van der Waals surface area contributed by atoms with Crippen LogP contribution in [0.2, 0.25) is 0 Å². The number of hydrogen-bond acceptors (Lipinski definition) is 2. The number of amides is 2. The molecule has 0 radical (unpaired) electrons. The van der Waals surface area contributed by atoms with Gasteiger partial charge in [0.1, 0.15) is 5.54 Å². The molecule has 0 spiro atoms. The van der Waals surface area contributed by atoms with E-state index in [-0.39, 0.29) is 0 Å². The Hall–Kier alpha value is -1.56.